The predicted octanol–water partition coefficient (Wildman–Crippen LogP) is 3.30. The van der Waals surface area contributed by atoms with Crippen molar-refractivity contribution in [2.24, 2.45) is 0 Å². The van der Waals surface area contributed by atoms with Gasteiger partial charge >= 0.3 is 6.18 Å². The molecule has 1 spiro atoms. The van der Waals surface area contributed by atoms with E-state index in [-0.39, 0.29) is 6.54 Å². The van der Waals surface area contributed by atoms with Crippen LogP contribution in [0.4, 0.5) is 13.2 Å². The van der Waals surface area contributed by atoms with Crippen molar-refractivity contribution in [1.29, 1.82) is 0 Å². The van der Waals surface area contributed by atoms with E-state index in [9.17, 15) is 23.4 Å². The molecule has 0 aromatic carbocycles. The number of thiophene rings is 1. The number of alkyl halides is 3. The number of aromatic nitrogens is 2. The zero-order valence-corrected chi connectivity index (χ0v) is 18.6. The summed E-state index contributed by atoms with van der Waals surface area (Å²) in [6, 6.07) is 1.31. The van der Waals surface area contributed by atoms with Crippen LogP contribution >= 0.6 is 11.3 Å². The van der Waals surface area contributed by atoms with E-state index < -0.39 is 28.4 Å². The number of hydrogen-bond acceptors (Lipinski definition) is 6. The second-order valence-electron chi connectivity index (χ2n) is 9.38. The third-order valence-corrected chi connectivity index (χ3v) is 8.62. The Balaban J connectivity index is 1.20. The highest BCUT2D eigenvalue weighted by Gasteiger charge is 2.45. The lowest BCUT2D eigenvalue weighted by atomic mass is 9.76. The van der Waals surface area contributed by atoms with Crippen molar-refractivity contribution in [1.82, 2.24) is 14.7 Å². The first kappa shape index (κ1) is 22.3. The maximum absolute atomic E-state index is 13.2. The summed E-state index contributed by atoms with van der Waals surface area (Å²) in [7, 11) is 0. The molecule has 176 valence electrons. The molecule has 0 radical (unpaired) electrons. The maximum Gasteiger partial charge on any atom is 0.425 e. The lowest BCUT2D eigenvalue weighted by molar-refractivity contribution is -0.134. The Morgan fingerprint density at radius 3 is 2.62 bits per heavy atom. The van der Waals surface area contributed by atoms with E-state index in [4.69, 9.17) is 4.74 Å². The summed E-state index contributed by atoms with van der Waals surface area (Å²) in [5.41, 5.74) is 0.203. The fourth-order valence-corrected chi connectivity index (χ4v) is 6.35. The highest BCUT2D eigenvalue weighted by atomic mass is 32.1. The van der Waals surface area contributed by atoms with Crippen molar-refractivity contribution in [3.05, 3.63) is 39.3 Å². The van der Waals surface area contributed by atoms with Crippen LogP contribution in [-0.2, 0) is 36.0 Å². The van der Waals surface area contributed by atoms with Gasteiger partial charge in [0, 0.05) is 36.3 Å². The van der Waals surface area contributed by atoms with Gasteiger partial charge in [-0.25, -0.2) is 0 Å². The van der Waals surface area contributed by atoms with E-state index >= 15 is 0 Å². The smallest absolute Gasteiger partial charge is 0.388 e. The monoisotopic (exact) mass is 471 g/mol. The SMILES string of the molecule is OC(Cn1cc(CN2CCC3(CC2)OCCc2cc(C(F)(F)F)sc23)cn1)C1(O)CCC1. The van der Waals surface area contributed by atoms with Crippen LogP contribution in [0.15, 0.2) is 18.5 Å². The Kier molecular flexibility index (Phi) is 5.65. The minimum atomic E-state index is -4.31. The van der Waals surface area contributed by atoms with Gasteiger partial charge in [-0.15, -0.1) is 11.3 Å². The number of ether oxygens (including phenoxy) is 1. The standard InChI is InChI=1S/C22H28F3N3O3S/c23-22(24,25)18-10-16-2-9-31-21(19(16)32-18)5-7-27(8-6-21)12-15-11-26-28(13-15)14-17(29)20(30)3-1-4-20/h10-11,13,17,29-30H,1-9,12,14H2. The van der Waals surface area contributed by atoms with Crippen LogP contribution in [-0.4, -0.2) is 56.3 Å². The topological polar surface area (TPSA) is 70.8 Å². The van der Waals surface area contributed by atoms with Crippen LogP contribution in [0, 0.1) is 0 Å². The minimum absolute atomic E-state index is 0.260. The first-order valence-electron chi connectivity index (χ1n) is 11.2. The predicted molar refractivity (Wildman–Crippen MR) is 112 cm³/mol. The molecule has 0 bridgehead atoms. The fraction of sp³-hybridized carbons (Fsp3) is 0.682. The summed E-state index contributed by atoms with van der Waals surface area (Å²) in [5, 5.41) is 24.9. The van der Waals surface area contributed by atoms with Gasteiger partial charge in [0.05, 0.1) is 24.9 Å². The quantitative estimate of drug-likeness (QED) is 0.700. The number of rotatable bonds is 5. The van der Waals surface area contributed by atoms with Gasteiger partial charge in [-0.3, -0.25) is 9.58 Å². The maximum atomic E-state index is 13.2. The Labute approximate surface area is 188 Å². The average molecular weight is 472 g/mol. The van der Waals surface area contributed by atoms with Crippen molar-refractivity contribution >= 4 is 11.3 Å². The van der Waals surface area contributed by atoms with E-state index in [0.717, 1.165) is 46.9 Å². The first-order valence-corrected chi connectivity index (χ1v) is 12.0. The normalized spacial score (nSPS) is 23.7. The van der Waals surface area contributed by atoms with Crippen LogP contribution in [0.2, 0.25) is 0 Å². The lowest BCUT2D eigenvalue weighted by Gasteiger charge is -2.43. The molecule has 2 fully saturated rings. The van der Waals surface area contributed by atoms with Gasteiger partial charge in [0.2, 0.25) is 0 Å². The summed E-state index contributed by atoms with van der Waals surface area (Å²) in [6.07, 6.45) is 2.55. The Morgan fingerprint density at radius 1 is 1.22 bits per heavy atom. The van der Waals surface area contributed by atoms with E-state index in [2.05, 4.69) is 10.00 Å². The van der Waals surface area contributed by atoms with Crippen LogP contribution < -0.4 is 0 Å². The molecule has 6 nitrogen and oxygen atoms in total. The van der Waals surface area contributed by atoms with Crippen molar-refractivity contribution < 1.29 is 28.1 Å². The van der Waals surface area contributed by atoms with E-state index in [1.54, 1.807) is 10.9 Å². The number of likely N-dealkylation sites (tertiary alicyclic amines) is 1. The molecule has 5 rings (SSSR count). The Bertz CT molecular complexity index is 961. The van der Waals surface area contributed by atoms with Gasteiger partial charge in [-0.1, -0.05) is 0 Å². The third-order valence-electron chi connectivity index (χ3n) is 7.21. The number of aliphatic hydroxyl groups is 2. The summed E-state index contributed by atoms with van der Waals surface area (Å²) >= 11 is 0.844. The third kappa shape index (κ3) is 4.11. The van der Waals surface area contributed by atoms with Gasteiger partial charge in [-0.05, 0) is 50.2 Å². The molecular weight excluding hydrogens is 443 g/mol. The molecule has 1 aliphatic carbocycles. The molecule has 1 atom stereocenters. The summed E-state index contributed by atoms with van der Waals surface area (Å²) in [6.45, 7) is 2.86. The van der Waals surface area contributed by atoms with Gasteiger partial charge in [0.15, 0.2) is 0 Å². The lowest BCUT2D eigenvalue weighted by Crippen LogP contribution is -2.50. The van der Waals surface area contributed by atoms with Crippen LogP contribution in [0.25, 0.3) is 0 Å². The van der Waals surface area contributed by atoms with Crippen LogP contribution in [0.1, 0.15) is 53.0 Å². The summed E-state index contributed by atoms with van der Waals surface area (Å²) in [5.74, 6) is 0. The largest absolute Gasteiger partial charge is 0.425 e. The highest BCUT2D eigenvalue weighted by molar-refractivity contribution is 7.12. The second-order valence-corrected chi connectivity index (χ2v) is 10.4. The number of nitrogens with zero attached hydrogens (tertiary/aromatic N) is 3. The molecule has 2 aromatic heterocycles. The molecule has 4 heterocycles. The van der Waals surface area contributed by atoms with Crippen LogP contribution in [0.3, 0.4) is 0 Å². The van der Waals surface area contributed by atoms with Gasteiger partial charge in [0.1, 0.15) is 16.6 Å². The minimum Gasteiger partial charge on any atom is -0.388 e. The van der Waals surface area contributed by atoms with Crippen molar-refractivity contribution in [3.8, 4) is 0 Å². The summed E-state index contributed by atoms with van der Waals surface area (Å²) < 4.78 is 47.5. The second kappa shape index (κ2) is 8.09. The molecule has 3 aliphatic rings. The van der Waals surface area contributed by atoms with E-state index in [1.165, 1.54) is 6.07 Å². The zero-order valence-electron chi connectivity index (χ0n) is 17.8. The first-order chi connectivity index (χ1) is 15.2. The fourth-order valence-electron chi connectivity index (χ4n) is 5.07. The van der Waals surface area contributed by atoms with Crippen molar-refractivity contribution in [3.63, 3.8) is 0 Å². The van der Waals surface area contributed by atoms with Gasteiger partial charge in [-0.2, -0.15) is 18.3 Å². The van der Waals surface area contributed by atoms with Gasteiger partial charge < -0.3 is 14.9 Å². The number of hydrogen-bond donors (Lipinski definition) is 2. The molecule has 1 saturated carbocycles. The molecule has 2 N–H and O–H groups in total. The van der Waals surface area contributed by atoms with E-state index in [0.29, 0.717) is 45.3 Å². The van der Waals surface area contributed by atoms with Crippen molar-refractivity contribution in [2.45, 2.75) is 75.1 Å². The molecule has 1 unspecified atom stereocenters. The Hall–Kier alpha value is -1.46. The average Bonchev–Trinajstić information content (AvgIpc) is 3.36. The highest BCUT2D eigenvalue weighted by Crippen LogP contribution is 2.48. The molecular formula is C22H28F3N3O3S. The molecule has 32 heavy (non-hydrogen) atoms. The van der Waals surface area contributed by atoms with E-state index in [1.807, 2.05) is 6.20 Å². The number of piperidine rings is 1. The number of aliphatic hydroxyl groups excluding tert-OH is 1. The zero-order chi connectivity index (χ0) is 22.6. The molecule has 10 heteroatoms. The van der Waals surface area contributed by atoms with Crippen molar-refractivity contribution in [2.75, 3.05) is 19.7 Å². The molecule has 1 saturated heterocycles. The number of fused-ring (bicyclic) bond motifs is 2. The van der Waals surface area contributed by atoms with Gasteiger partial charge in [0.25, 0.3) is 0 Å². The van der Waals surface area contributed by atoms with Crippen LogP contribution in [0.5, 0.6) is 0 Å². The molecule has 2 aliphatic heterocycles. The summed E-state index contributed by atoms with van der Waals surface area (Å²) in [4.78, 5) is 2.49. The molecule has 0 amide bonds. The Morgan fingerprint density at radius 2 is 1.97 bits per heavy atom. The molecule has 2 aromatic rings. The number of halogens is 3.